The number of hydrogen-bond acceptors (Lipinski definition) is 6. The summed E-state index contributed by atoms with van der Waals surface area (Å²) in [6.45, 7) is 0. The molecule has 206 valence electrons. The molecule has 0 bridgehead atoms. The molecule has 0 aliphatic heterocycles. The quantitative estimate of drug-likeness (QED) is 0.207. The van der Waals surface area contributed by atoms with Crippen molar-refractivity contribution < 1.29 is 0 Å². The van der Waals surface area contributed by atoms with E-state index in [9.17, 15) is 0 Å². The summed E-state index contributed by atoms with van der Waals surface area (Å²) in [7, 11) is 0. The lowest BCUT2D eigenvalue weighted by atomic mass is 10.0. The number of rotatable bonds is 4. The van der Waals surface area contributed by atoms with Crippen molar-refractivity contribution in [2.75, 3.05) is 0 Å². The third-order valence-electron chi connectivity index (χ3n) is 8.29. The van der Waals surface area contributed by atoms with Gasteiger partial charge in [-0.2, -0.15) is 0 Å². The number of nitrogens with zero attached hydrogens (tertiary/aromatic N) is 5. The highest BCUT2D eigenvalue weighted by Gasteiger charge is 2.24. The molecule has 0 saturated carbocycles. The lowest BCUT2D eigenvalue weighted by Crippen LogP contribution is -2.00. The molecule has 1 aliphatic rings. The maximum atomic E-state index is 4.96. The number of benzene rings is 5. The van der Waals surface area contributed by atoms with Crippen LogP contribution in [0.3, 0.4) is 0 Å². The lowest BCUT2D eigenvalue weighted by molar-refractivity contribution is 1.07. The minimum atomic E-state index is 0.654. The molecule has 0 amide bonds. The molecule has 5 nitrogen and oxygen atoms in total. The smallest absolute Gasteiger partial charge is 0.164 e. The molecule has 8 aromatic rings. The van der Waals surface area contributed by atoms with E-state index in [2.05, 4.69) is 65.6 Å². The zero-order valence-corrected chi connectivity index (χ0v) is 24.3. The van der Waals surface area contributed by atoms with Gasteiger partial charge in [-0.05, 0) is 35.9 Å². The molecule has 3 heterocycles. The normalized spacial score (nSPS) is 12.0. The molecule has 9 rings (SSSR count). The van der Waals surface area contributed by atoms with E-state index in [0.717, 1.165) is 40.1 Å². The molecular formula is C38H23N5S. The Hall–Kier alpha value is -5.59. The number of thiophene rings is 1. The van der Waals surface area contributed by atoms with Crippen LogP contribution in [-0.4, -0.2) is 24.9 Å². The Labute approximate surface area is 257 Å². The summed E-state index contributed by atoms with van der Waals surface area (Å²) in [6.07, 6.45) is 2.54. The molecule has 0 radical (unpaired) electrons. The van der Waals surface area contributed by atoms with Crippen LogP contribution in [0.4, 0.5) is 0 Å². The van der Waals surface area contributed by atoms with Crippen LogP contribution in [0.15, 0.2) is 128 Å². The van der Waals surface area contributed by atoms with E-state index >= 15 is 0 Å². The van der Waals surface area contributed by atoms with E-state index in [-0.39, 0.29) is 0 Å². The van der Waals surface area contributed by atoms with Gasteiger partial charge in [-0.3, -0.25) is 0 Å². The van der Waals surface area contributed by atoms with Gasteiger partial charge in [-0.15, -0.1) is 11.3 Å². The van der Waals surface area contributed by atoms with Crippen LogP contribution in [0, 0.1) is 0 Å². The van der Waals surface area contributed by atoms with E-state index in [1.165, 1.54) is 36.9 Å². The van der Waals surface area contributed by atoms with Crippen LogP contribution in [0.1, 0.15) is 11.1 Å². The number of hydrogen-bond donors (Lipinski definition) is 0. The van der Waals surface area contributed by atoms with E-state index in [0.29, 0.717) is 17.5 Å². The standard InChI is InChI=1S/C38H23N5S/c1-3-9-23(10-4-1)36-41-37(24-11-5-2-6-12-24)43-38(42-36)27-16-18-33-30(21-27)29-20-26(15-17-32(29)44-33)34-31-19-25-13-7-8-14-28(25)35(31)40-22-39-34/h1-18,20-22H,19H2. The first-order chi connectivity index (χ1) is 21.8. The van der Waals surface area contributed by atoms with Gasteiger partial charge in [0.2, 0.25) is 0 Å². The van der Waals surface area contributed by atoms with Crippen LogP contribution in [0.5, 0.6) is 0 Å². The minimum absolute atomic E-state index is 0.654. The van der Waals surface area contributed by atoms with Crippen LogP contribution < -0.4 is 0 Å². The Balaban J connectivity index is 1.19. The molecule has 0 saturated heterocycles. The van der Waals surface area contributed by atoms with Crippen LogP contribution in [0.25, 0.3) is 76.9 Å². The summed E-state index contributed by atoms with van der Waals surface area (Å²) in [5, 5.41) is 2.38. The zero-order chi connectivity index (χ0) is 29.0. The molecule has 0 atom stereocenters. The first-order valence-corrected chi connectivity index (χ1v) is 15.4. The molecule has 3 aromatic heterocycles. The van der Waals surface area contributed by atoms with E-state index in [1.54, 1.807) is 17.7 Å². The first-order valence-electron chi connectivity index (χ1n) is 14.5. The van der Waals surface area contributed by atoms with Gasteiger partial charge in [0, 0.05) is 60.0 Å². The van der Waals surface area contributed by atoms with Gasteiger partial charge in [0.15, 0.2) is 17.5 Å². The monoisotopic (exact) mass is 581 g/mol. The fraction of sp³-hybridized carbons (Fsp3) is 0.0263. The molecule has 6 heteroatoms. The molecule has 0 N–H and O–H groups in total. The van der Waals surface area contributed by atoms with Crippen molar-refractivity contribution in [3.8, 4) is 56.7 Å². The maximum absolute atomic E-state index is 4.96. The molecule has 0 fully saturated rings. The summed E-state index contributed by atoms with van der Waals surface area (Å²) in [5.41, 5.74) is 9.73. The third-order valence-corrected chi connectivity index (χ3v) is 9.44. The molecule has 1 aliphatic carbocycles. The maximum Gasteiger partial charge on any atom is 0.164 e. The second-order valence-corrected chi connectivity index (χ2v) is 12.0. The van der Waals surface area contributed by atoms with Crippen LogP contribution in [0.2, 0.25) is 0 Å². The highest BCUT2D eigenvalue weighted by Crippen LogP contribution is 2.42. The summed E-state index contributed by atoms with van der Waals surface area (Å²) in [5.74, 6) is 1.97. The van der Waals surface area contributed by atoms with Crippen LogP contribution in [-0.2, 0) is 6.42 Å². The number of fused-ring (bicyclic) bond motifs is 6. The molecule has 0 spiro atoms. The van der Waals surface area contributed by atoms with E-state index < -0.39 is 0 Å². The van der Waals surface area contributed by atoms with Crippen molar-refractivity contribution in [2.24, 2.45) is 0 Å². The minimum Gasteiger partial charge on any atom is -0.236 e. The van der Waals surface area contributed by atoms with Gasteiger partial charge in [-0.1, -0.05) is 91.0 Å². The molecule has 0 unspecified atom stereocenters. The summed E-state index contributed by atoms with van der Waals surface area (Å²) in [6, 6.07) is 41.9. The Morgan fingerprint density at radius 1 is 0.477 bits per heavy atom. The SMILES string of the molecule is c1ccc(-c2nc(-c3ccccc3)nc(-c3ccc4sc5ccc(-c6ncnc7c6Cc6ccccc6-7)cc5c4c3)n2)cc1. The molecule has 5 aromatic carbocycles. The lowest BCUT2D eigenvalue weighted by Gasteiger charge is -2.09. The summed E-state index contributed by atoms with van der Waals surface area (Å²) < 4.78 is 2.46. The Morgan fingerprint density at radius 2 is 1.02 bits per heavy atom. The number of aromatic nitrogens is 5. The van der Waals surface area contributed by atoms with Crippen molar-refractivity contribution in [3.05, 3.63) is 139 Å². The predicted octanol–water partition coefficient (Wildman–Crippen LogP) is 9.27. The predicted molar refractivity (Wildman–Crippen MR) is 178 cm³/mol. The fourth-order valence-corrected chi connectivity index (χ4v) is 7.22. The van der Waals surface area contributed by atoms with Gasteiger partial charge >= 0.3 is 0 Å². The summed E-state index contributed by atoms with van der Waals surface area (Å²) >= 11 is 1.80. The highest BCUT2D eigenvalue weighted by atomic mass is 32.1. The van der Waals surface area contributed by atoms with Gasteiger partial charge in [0.1, 0.15) is 6.33 Å². The Morgan fingerprint density at radius 3 is 1.70 bits per heavy atom. The topological polar surface area (TPSA) is 64.5 Å². The second-order valence-electron chi connectivity index (χ2n) is 10.9. The van der Waals surface area contributed by atoms with Gasteiger partial charge < -0.3 is 0 Å². The van der Waals surface area contributed by atoms with Crippen LogP contribution >= 0.6 is 11.3 Å². The summed E-state index contributed by atoms with van der Waals surface area (Å²) in [4.78, 5) is 24.2. The van der Waals surface area contributed by atoms with Crippen molar-refractivity contribution >= 4 is 31.5 Å². The van der Waals surface area contributed by atoms with Gasteiger partial charge in [-0.25, -0.2) is 24.9 Å². The van der Waals surface area contributed by atoms with E-state index in [1.807, 2.05) is 60.7 Å². The third kappa shape index (κ3) is 4.11. The van der Waals surface area contributed by atoms with Crippen molar-refractivity contribution in [3.63, 3.8) is 0 Å². The largest absolute Gasteiger partial charge is 0.236 e. The average molecular weight is 582 g/mol. The fourth-order valence-electron chi connectivity index (χ4n) is 6.16. The van der Waals surface area contributed by atoms with Gasteiger partial charge in [0.25, 0.3) is 0 Å². The second kappa shape index (κ2) is 10.0. The van der Waals surface area contributed by atoms with Crippen molar-refractivity contribution in [2.45, 2.75) is 6.42 Å². The molecule has 44 heavy (non-hydrogen) atoms. The van der Waals surface area contributed by atoms with Crippen molar-refractivity contribution in [1.82, 2.24) is 24.9 Å². The Kier molecular flexibility index (Phi) is 5.67. The first kappa shape index (κ1) is 25.0. The van der Waals surface area contributed by atoms with Crippen molar-refractivity contribution in [1.29, 1.82) is 0 Å². The average Bonchev–Trinajstić information content (AvgIpc) is 3.66. The van der Waals surface area contributed by atoms with E-state index in [4.69, 9.17) is 19.9 Å². The van der Waals surface area contributed by atoms with Gasteiger partial charge in [0.05, 0.1) is 11.4 Å². The highest BCUT2D eigenvalue weighted by molar-refractivity contribution is 7.25. The molecular weight excluding hydrogens is 559 g/mol. The zero-order valence-electron chi connectivity index (χ0n) is 23.5. The Bertz CT molecular complexity index is 2310.